The lowest BCUT2D eigenvalue weighted by Crippen LogP contribution is -2.41. The first-order valence-corrected chi connectivity index (χ1v) is 8.14. The van der Waals surface area contributed by atoms with Crippen LogP contribution in [0.1, 0.15) is 24.0 Å². The minimum atomic E-state index is -0.613. The number of carbonyl (C=O) groups is 2. The molecule has 0 bridgehead atoms. The maximum atomic E-state index is 12.1. The Morgan fingerprint density at radius 2 is 1.46 bits per heavy atom. The molecule has 0 fully saturated rings. The molecule has 1 atom stereocenters. The second-order valence-corrected chi connectivity index (χ2v) is 5.65. The van der Waals surface area contributed by atoms with Gasteiger partial charge in [-0.1, -0.05) is 60.7 Å². The van der Waals surface area contributed by atoms with E-state index < -0.39 is 12.0 Å². The van der Waals surface area contributed by atoms with Crippen molar-refractivity contribution in [3.8, 4) is 0 Å². The van der Waals surface area contributed by atoms with Crippen molar-refractivity contribution in [3.63, 3.8) is 0 Å². The zero-order valence-electron chi connectivity index (χ0n) is 13.9. The number of benzene rings is 2. The molecule has 0 aliphatic rings. The summed E-state index contributed by atoms with van der Waals surface area (Å²) in [6.07, 6.45) is 2.23. The molecule has 4 nitrogen and oxygen atoms in total. The molecular formula is C20H23NO3. The van der Waals surface area contributed by atoms with E-state index in [-0.39, 0.29) is 5.91 Å². The standard InChI is InChI=1S/C20H23NO3/c1-24-20(23)18(14-12-16-8-4-2-5-9-16)21-19(22)15-13-17-10-6-3-7-11-17/h2-11,18H,12-15H2,1H3,(H,21,22)/t18-/m0/s1. The number of rotatable bonds is 8. The van der Waals surface area contributed by atoms with Crippen molar-refractivity contribution in [1.82, 2.24) is 5.32 Å². The predicted molar refractivity (Wildman–Crippen MR) is 93.5 cm³/mol. The first-order valence-electron chi connectivity index (χ1n) is 8.14. The van der Waals surface area contributed by atoms with Gasteiger partial charge in [0.15, 0.2) is 0 Å². The average Bonchev–Trinajstić information content (AvgIpc) is 2.64. The van der Waals surface area contributed by atoms with Gasteiger partial charge in [-0.2, -0.15) is 0 Å². The van der Waals surface area contributed by atoms with Gasteiger partial charge in [0.1, 0.15) is 6.04 Å². The third-order valence-electron chi connectivity index (χ3n) is 3.87. The number of amides is 1. The topological polar surface area (TPSA) is 55.4 Å². The predicted octanol–water partition coefficient (Wildman–Crippen LogP) is 2.91. The van der Waals surface area contributed by atoms with Crippen molar-refractivity contribution in [3.05, 3.63) is 71.8 Å². The molecular weight excluding hydrogens is 302 g/mol. The summed E-state index contributed by atoms with van der Waals surface area (Å²) in [4.78, 5) is 24.0. The van der Waals surface area contributed by atoms with Gasteiger partial charge in [-0.05, 0) is 30.4 Å². The number of carbonyl (C=O) groups excluding carboxylic acids is 2. The van der Waals surface area contributed by atoms with E-state index in [2.05, 4.69) is 5.32 Å². The lowest BCUT2D eigenvalue weighted by atomic mass is 10.0. The fourth-order valence-electron chi connectivity index (χ4n) is 2.52. The van der Waals surface area contributed by atoms with Gasteiger partial charge in [-0.3, -0.25) is 4.79 Å². The van der Waals surface area contributed by atoms with Crippen LogP contribution in [0.3, 0.4) is 0 Å². The number of hydrogen-bond acceptors (Lipinski definition) is 3. The Morgan fingerprint density at radius 3 is 2.00 bits per heavy atom. The van der Waals surface area contributed by atoms with E-state index in [0.29, 0.717) is 25.7 Å². The van der Waals surface area contributed by atoms with Crippen LogP contribution in [0.15, 0.2) is 60.7 Å². The van der Waals surface area contributed by atoms with E-state index in [4.69, 9.17) is 4.74 Å². The Bertz CT molecular complexity index is 640. The van der Waals surface area contributed by atoms with E-state index in [0.717, 1.165) is 11.1 Å². The van der Waals surface area contributed by atoms with Crippen molar-refractivity contribution < 1.29 is 14.3 Å². The van der Waals surface area contributed by atoms with Gasteiger partial charge in [0.05, 0.1) is 7.11 Å². The van der Waals surface area contributed by atoms with E-state index in [1.807, 2.05) is 60.7 Å². The van der Waals surface area contributed by atoms with Crippen LogP contribution < -0.4 is 5.32 Å². The van der Waals surface area contributed by atoms with Crippen LogP contribution in [0.5, 0.6) is 0 Å². The summed E-state index contributed by atoms with van der Waals surface area (Å²) < 4.78 is 4.81. The zero-order valence-corrected chi connectivity index (χ0v) is 13.9. The highest BCUT2D eigenvalue weighted by Crippen LogP contribution is 2.07. The molecule has 2 aromatic rings. The second kappa shape index (κ2) is 9.50. The minimum Gasteiger partial charge on any atom is -0.467 e. The Hall–Kier alpha value is -2.62. The number of ether oxygens (including phenoxy) is 1. The molecule has 0 heterocycles. The monoisotopic (exact) mass is 325 g/mol. The number of hydrogen-bond donors (Lipinski definition) is 1. The van der Waals surface area contributed by atoms with E-state index in [1.54, 1.807) is 0 Å². The molecule has 4 heteroatoms. The first-order chi connectivity index (χ1) is 11.7. The highest BCUT2D eigenvalue weighted by molar-refractivity contribution is 5.84. The molecule has 2 aromatic carbocycles. The Labute approximate surface area is 142 Å². The molecule has 126 valence electrons. The maximum absolute atomic E-state index is 12.1. The molecule has 0 aliphatic heterocycles. The zero-order chi connectivity index (χ0) is 17.2. The Morgan fingerprint density at radius 1 is 0.917 bits per heavy atom. The Balaban J connectivity index is 1.85. The van der Waals surface area contributed by atoms with Gasteiger partial charge in [0.25, 0.3) is 0 Å². The van der Waals surface area contributed by atoms with Crippen LogP contribution in [-0.4, -0.2) is 25.0 Å². The van der Waals surface area contributed by atoms with Crippen molar-refractivity contribution in [2.45, 2.75) is 31.7 Å². The summed E-state index contributed by atoms with van der Waals surface area (Å²) in [6.45, 7) is 0. The Kier molecular flexibility index (Phi) is 7.02. The van der Waals surface area contributed by atoms with Crippen LogP contribution in [0.4, 0.5) is 0 Å². The summed E-state index contributed by atoms with van der Waals surface area (Å²) in [7, 11) is 1.34. The highest BCUT2D eigenvalue weighted by atomic mass is 16.5. The summed E-state index contributed by atoms with van der Waals surface area (Å²) in [5.41, 5.74) is 2.23. The molecule has 0 radical (unpaired) electrons. The van der Waals surface area contributed by atoms with Gasteiger partial charge in [-0.15, -0.1) is 0 Å². The van der Waals surface area contributed by atoms with Gasteiger partial charge < -0.3 is 10.1 Å². The molecule has 0 spiro atoms. The van der Waals surface area contributed by atoms with Gasteiger partial charge in [0.2, 0.25) is 5.91 Å². The molecule has 0 unspecified atom stereocenters. The highest BCUT2D eigenvalue weighted by Gasteiger charge is 2.21. The molecule has 0 aliphatic carbocycles. The van der Waals surface area contributed by atoms with E-state index >= 15 is 0 Å². The summed E-state index contributed by atoms with van der Waals surface area (Å²) in [6, 6.07) is 19.1. The van der Waals surface area contributed by atoms with Crippen LogP contribution >= 0.6 is 0 Å². The average molecular weight is 325 g/mol. The van der Waals surface area contributed by atoms with Crippen molar-refractivity contribution in [1.29, 1.82) is 0 Å². The van der Waals surface area contributed by atoms with Crippen molar-refractivity contribution >= 4 is 11.9 Å². The molecule has 1 N–H and O–H groups in total. The largest absolute Gasteiger partial charge is 0.467 e. The van der Waals surface area contributed by atoms with Crippen LogP contribution in [-0.2, 0) is 27.2 Å². The van der Waals surface area contributed by atoms with Crippen molar-refractivity contribution in [2.75, 3.05) is 7.11 Å². The molecule has 0 saturated heterocycles. The number of methoxy groups -OCH3 is 1. The number of nitrogens with one attached hydrogen (secondary N) is 1. The van der Waals surface area contributed by atoms with E-state index in [1.165, 1.54) is 7.11 Å². The smallest absolute Gasteiger partial charge is 0.328 e. The fourth-order valence-corrected chi connectivity index (χ4v) is 2.52. The summed E-state index contributed by atoms with van der Waals surface area (Å²) >= 11 is 0. The number of esters is 1. The van der Waals surface area contributed by atoms with E-state index in [9.17, 15) is 9.59 Å². The fraction of sp³-hybridized carbons (Fsp3) is 0.300. The molecule has 0 aromatic heterocycles. The second-order valence-electron chi connectivity index (χ2n) is 5.65. The normalized spacial score (nSPS) is 11.5. The maximum Gasteiger partial charge on any atom is 0.328 e. The molecule has 24 heavy (non-hydrogen) atoms. The molecule has 0 saturated carbocycles. The van der Waals surface area contributed by atoms with Crippen LogP contribution in [0.2, 0.25) is 0 Å². The third-order valence-corrected chi connectivity index (χ3v) is 3.87. The summed E-state index contributed by atoms with van der Waals surface area (Å²) in [5, 5.41) is 2.79. The van der Waals surface area contributed by atoms with Gasteiger partial charge >= 0.3 is 5.97 Å². The third kappa shape index (κ3) is 5.88. The lowest BCUT2D eigenvalue weighted by Gasteiger charge is -2.16. The SMILES string of the molecule is COC(=O)[C@H](CCc1ccccc1)NC(=O)CCc1ccccc1. The van der Waals surface area contributed by atoms with Gasteiger partial charge in [-0.25, -0.2) is 4.79 Å². The van der Waals surface area contributed by atoms with Gasteiger partial charge in [0, 0.05) is 6.42 Å². The quantitative estimate of drug-likeness (QED) is 0.759. The van der Waals surface area contributed by atoms with Crippen LogP contribution in [0, 0.1) is 0 Å². The van der Waals surface area contributed by atoms with Crippen molar-refractivity contribution in [2.24, 2.45) is 0 Å². The first kappa shape index (κ1) is 17.7. The lowest BCUT2D eigenvalue weighted by molar-refractivity contribution is -0.145. The number of aryl methyl sites for hydroxylation is 2. The molecule has 1 amide bonds. The van der Waals surface area contributed by atoms with Crippen LogP contribution in [0.25, 0.3) is 0 Å². The summed E-state index contributed by atoms with van der Waals surface area (Å²) in [5.74, 6) is -0.540. The minimum absolute atomic E-state index is 0.137. The molecule has 2 rings (SSSR count).